The van der Waals surface area contributed by atoms with Gasteiger partial charge in [0.2, 0.25) is 0 Å². The molecule has 0 fully saturated rings. The molecule has 1 aromatic heterocycles. The van der Waals surface area contributed by atoms with Crippen LogP contribution in [-0.4, -0.2) is 4.98 Å². The second kappa shape index (κ2) is 3.58. The van der Waals surface area contributed by atoms with Crippen LogP contribution >= 0.6 is 0 Å². The number of rotatable bonds is 0. The van der Waals surface area contributed by atoms with Crippen molar-refractivity contribution in [3.8, 4) is 0 Å². The lowest BCUT2D eigenvalue weighted by Crippen LogP contribution is -2.14. The number of benzene rings is 1. The Labute approximate surface area is 97.5 Å². The molecular formula is C15H19N. The second-order valence-electron chi connectivity index (χ2n) is 5.57. The summed E-state index contributed by atoms with van der Waals surface area (Å²) >= 11 is 0. The number of aromatic nitrogens is 1. The predicted molar refractivity (Wildman–Crippen MR) is 69.9 cm³/mol. The van der Waals surface area contributed by atoms with E-state index >= 15 is 0 Å². The zero-order valence-corrected chi connectivity index (χ0v) is 10.8. The lowest BCUT2D eigenvalue weighted by molar-refractivity contribution is 0.583. The first-order valence-corrected chi connectivity index (χ1v) is 5.76. The molecule has 0 amide bonds. The summed E-state index contributed by atoms with van der Waals surface area (Å²) in [7, 11) is 0. The van der Waals surface area contributed by atoms with Crippen molar-refractivity contribution in [2.24, 2.45) is 0 Å². The smallest absolute Gasteiger partial charge is 0.0708 e. The molecule has 1 aromatic carbocycles. The summed E-state index contributed by atoms with van der Waals surface area (Å²) in [5, 5.41) is 1.24. The zero-order chi connectivity index (χ0) is 11.9. The van der Waals surface area contributed by atoms with Gasteiger partial charge in [-0.2, -0.15) is 0 Å². The summed E-state index contributed by atoms with van der Waals surface area (Å²) in [5.41, 5.74) is 5.01. The lowest BCUT2D eigenvalue weighted by Gasteiger charge is -2.21. The van der Waals surface area contributed by atoms with Crippen LogP contribution in [0.2, 0.25) is 0 Å². The van der Waals surface area contributed by atoms with Gasteiger partial charge < -0.3 is 0 Å². The molecule has 16 heavy (non-hydrogen) atoms. The number of nitrogens with zero attached hydrogens (tertiary/aromatic N) is 1. The Morgan fingerprint density at radius 1 is 1.00 bits per heavy atom. The predicted octanol–water partition coefficient (Wildman–Crippen LogP) is 4.15. The maximum absolute atomic E-state index is 4.70. The maximum Gasteiger partial charge on any atom is 0.0708 e. The summed E-state index contributed by atoms with van der Waals surface area (Å²) in [6, 6.07) is 8.73. The first-order chi connectivity index (χ1) is 7.38. The first-order valence-electron chi connectivity index (χ1n) is 5.76. The molecule has 0 saturated heterocycles. The van der Waals surface area contributed by atoms with Crippen molar-refractivity contribution in [2.75, 3.05) is 0 Å². The van der Waals surface area contributed by atoms with Crippen molar-refractivity contribution < 1.29 is 0 Å². The number of aryl methyl sites for hydroxylation is 2. The van der Waals surface area contributed by atoms with E-state index in [0.717, 1.165) is 11.2 Å². The van der Waals surface area contributed by atoms with E-state index in [1.54, 1.807) is 0 Å². The van der Waals surface area contributed by atoms with E-state index in [-0.39, 0.29) is 5.41 Å². The van der Waals surface area contributed by atoms with Crippen LogP contribution in [0.15, 0.2) is 24.3 Å². The quantitative estimate of drug-likeness (QED) is 0.640. The van der Waals surface area contributed by atoms with Gasteiger partial charge in [-0.05, 0) is 42.5 Å². The van der Waals surface area contributed by atoms with Gasteiger partial charge in [0.1, 0.15) is 0 Å². The van der Waals surface area contributed by atoms with E-state index in [2.05, 4.69) is 58.9 Å². The Morgan fingerprint density at radius 2 is 1.69 bits per heavy atom. The summed E-state index contributed by atoms with van der Waals surface area (Å²) in [5.74, 6) is 0. The zero-order valence-electron chi connectivity index (χ0n) is 10.8. The van der Waals surface area contributed by atoms with Gasteiger partial charge in [0.15, 0.2) is 0 Å². The molecule has 0 radical (unpaired) electrons. The van der Waals surface area contributed by atoms with Crippen molar-refractivity contribution in [2.45, 2.75) is 40.0 Å². The van der Waals surface area contributed by atoms with Gasteiger partial charge in [-0.3, -0.25) is 4.98 Å². The third kappa shape index (κ3) is 1.95. The van der Waals surface area contributed by atoms with E-state index in [4.69, 9.17) is 4.98 Å². The fraction of sp³-hybridized carbons (Fsp3) is 0.400. The van der Waals surface area contributed by atoms with E-state index in [1.165, 1.54) is 16.5 Å². The minimum absolute atomic E-state index is 0.163. The molecule has 0 aliphatic rings. The second-order valence-corrected chi connectivity index (χ2v) is 5.57. The van der Waals surface area contributed by atoms with Gasteiger partial charge in [0.05, 0.1) is 5.52 Å². The van der Waals surface area contributed by atoms with Crippen LogP contribution in [0.5, 0.6) is 0 Å². The molecule has 0 spiro atoms. The Hall–Kier alpha value is -1.37. The Kier molecular flexibility index (Phi) is 2.49. The van der Waals surface area contributed by atoms with Crippen LogP contribution in [0, 0.1) is 13.8 Å². The van der Waals surface area contributed by atoms with E-state index in [0.29, 0.717) is 0 Å². The molecule has 0 saturated carbocycles. The molecule has 2 aromatic rings. The average Bonchev–Trinajstić information content (AvgIpc) is 2.14. The molecule has 0 aliphatic carbocycles. The van der Waals surface area contributed by atoms with Crippen molar-refractivity contribution >= 4 is 10.9 Å². The highest BCUT2D eigenvalue weighted by Crippen LogP contribution is 2.27. The SMILES string of the molecule is Cc1ccc2cc(C(C)(C)C)c(C)nc2c1. The van der Waals surface area contributed by atoms with Gasteiger partial charge in [0, 0.05) is 11.1 Å². The molecule has 1 heteroatoms. The first kappa shape index (κ1) is 11.1. The molecule has 0 unspecified atom stereocenters. The molecule has 0 bridgehead atoms. The lowest BCUT2D eigenvalue weighted by atomic mass is 9.85. The van der Waals surface area contributed by atoms with E-state index in [9.17, 15) is 0 Å². The minimum Gasteiger partial charge on any atom is -0.253 e. The number of pyridine rings is 1. The maximum atomic E-state index is 4.70. The molecule has 1 nitrogen and oxygen atoms in total. The van der Waals surface area contributed by atoms with Crippen LogP contribution in [-0.2, 0) is 5.41 Å². The summed E-state index contributed by atoms with van der Waals surface area (Å²) in [6.45, 7) is 10.9. The van der Waals surface area contributed by atoms with Crippen LogP contribution in [0.3, 0.4) is 0 Å². The normalized spacial score (nSPS) is 12.1. The van der Waals surface area contributed by atoms with Crippen LogP contribution in [0.25, 0.3) is 10.9 Å². The van der Waals surface area contributed by atoms with Crippen molar-refractivity contribution in [1.82, 2.24) is 4.98 Å². The molecule has 2 rings (SSSR count). The molecule has 0 N–H and O–H groups in total. The van der Waals surface area contributed by atoms with E-state index in [1.807, 2.05) is 0 Å². The topological polar surface area (TPSA) is 12.9 Å². The molecular weight excluding hydrogens is 194 g/mol. The van der Waals surface area contributed by atoms with Gasteiger partial charge in [-0.15, -0.1) is 0 Å². The Morgan fingerprint density at radius 3 is 2.31 bits per heavy atom. The number of fused-ring (bicyclic) bond motifs is 1. The van der Waals surface area contributed by atoms with Gasteiger partial charge >= 0.3 is 0 Å². The van der Waals surface area contributed by atoms with Crippen LogP contribution in [0.4, 0.5) is 0 Å². The summed E-state index contributed by atoms with van der Waals surface area (Å²) in [4.78, 5) is 4.70. The summed E-state index contributed by atoms with van der Waals surface area (Å²) in [6.07, 6.45) is 0. The van der Waals surface area contributed by atoms with Gasteiger partial charge in [0.25, 0.3) is 0 Å². The van der Waals surface area contributed by atoms with Crippen molar-refractivity contribution in [3.63, 3.8) is 0 Å². The fourth-order valence-electron chi connectivity index (χ4n) is 2.13. The van der Waals surface area contributed by atoms with Gasteiger partial charge in [-0.1, -0.05) is 32.9 Å². The number of hydrogen-bond donors (Lipinski definition) is 0. The molecule has 1 heterocycles. The largest absolute Gasteiger partial charge is 0.253 e. The third-order valence-corrected chi connectivity index (χ3v) is 2.97. The highest BCUT2D eigenvalue weighted by molar-refractivity contribution is 5.80. The Bertz CT molecular complexity index is 533. The van der Waals surface area contributed by atoms with Crippen LogP contribution < -0.4 is 0 Å². The highest BCUT2D eigenvalue weighted by Gasteiger charge is 2.17. The Balaban J connectivity index is 2.72. The van der Waals surface area contributed by atoms with E-state index < -0.39 is 0 Å². The van der Waals surface area contributed by atoms with Crippen LogP contribution in [0.1, 0.15) is 37.6 Å². The molecule has 0 aliphatic heterocycles. The number of hydrogen-bond acceptors (Lipinski definition) is 1. The monoisotopic (exact) mass is 213 g/mol. The van der Waals surface area contributed by atoms with Gasteiger partial charge in [-0.25, -0.2) is 0 Å². The van der Waals surface area contributed by atoms with Crippen molar-refractivity contribution in [3.05, 3.63) is 41.1 Å². The van der Waals surface area contributed by atoms with Crippen molar-refractivity contribution in [1.29, 1.82) is 0 Å². The fourth-order valence-corrected chi connectivity index (χ4v) is 2.13. The highest BCUT2D eigenvalue weighted by atomic mass is 14.7. The third-order valence-electron chi connectivity index (χ3n) is 2.97. The molecule has 0 atom stereocenters. The molecule has 84 valence electrons. The standard InChI is InChI=1S/C15H19N/c1-10-6-7-12-9-13(15(3,4)5)11(2)16-14(12)8-10/h6-9H,1-5H3. The minimum atomic E-state index is 0.163. The average molecular weight is 213 g/mol. The summed E-state index contributed by atoms with van der Waals surface area (Å²) < 4.78 is 0.